The van der Waals surface area contributed by atoms with Crippen LogP contribution in [0.2, 0.25) is 0 Å². The molecule has 2 nitrogen and oxygen atoms in total. The number of hydrogen-bond donors (Lipinski definition) is 1. The molecule has 0 aromatic heterocycles. The van der Waals surface area contributed by atoms with E-state index in [1.54, 1.807) is 0 Å². The number of alkyl halides is 1. The lowest BCUT2D eigenvalue weighted by Gasteiger charge is -2.35. The van der Waals surface area contributed by atoms with Crippen molar-refractivity contribution < 1.29 is 4.79 Å². The van der Waals surface area contributed by atoms with E-state index in [1.807, 2.05) is 25.1 Å². The van der Waals surface area contributed by atoms with Crippen molar-refractivity contribution in [2.75, 3.05) is 12.4 Å². The van der Waals surface area contributed by atoms with Crippen molar-refractivity contribution in [3.63, 3.8) is 0 Å². The fourth-order valence-electron chi connectivity index (χ4n) is 2.84. The molecule has 1 amide bonds. The fraction of sp³-hybridized carbons (Fsp3) is 0.562. The molecule has 20 heavy (non-hydrogen) atoms. The first-order valence-corrected chi connectivity index (χ1v) is 8.49. The number of aryl methyl sites for hydroxylation is 1. The molecule has 4 heteroatoms. The number of halogens is 2. The summed E-state index contributed by atoms with van der Waals surface area (Å²) in [5, 5.41) is 3.08. The lowest BCUT2D eigenvalue weighted by atomic mass is 9.75. The third-order valence-corrected chi connectivity index (χ3v) is 5.45. The Hall–Kier alpha value is -0.540. The van der Waals surface area contributed by atoms with Gasteiger partial charge in [0, 0.05) is 22.3 Å². The number of amides is 1. The summed E-state index contributed by atoms with van der Waals surface area (Å²) in [6.07, 6.45) is 5.96. The summed E-state index contributed by atoms with van der Waals surface area (Å²) in [4.78, 5) is 12.3. The molecular weight excluding hydrogens is 338 g/mol. The van der Waals surface area contributed by atoms with Crippen LogP contribution in [0.25, 0.3) is 0 Å². The zero-order valence-electron chi connectivity index (χ0n) is 11.8. The van der Waals surface area contributed by atoms with Gasteiger partial charge in [0.05, 0.1) is 5.56 Å². The van der Waals surface area contributed by atoms with Gasteiger partial charge >= 0.3 is 0 Å². The highest BCUT2D eigenvalue weighted by Crippen LogP contribution is 2.36. The minimum Gasteiger partial charge on any atom is -0.351 e. The van der Waals surface area contributed by atoms with Crippen molar-refractivity contribution in [3.8, 4) is 0 Å². The second-order valence-corrected chi connectivity index (χ2v) is 6.98. The molecule has 110 valence electrons. The van der Waals surface area contributed by atoms with Gasteiger partial charge in [-0.1, -0.05) is 30.9 Å². The van der Waals surface area contributed by atoms with Crippen LogP contribution in [0.1, 0.15) is 48.0 Å². The molecule has 0 bridgehead atoms. The van der Waals surface area contributed by atoms with E-state index in [0.717, 1.165) is 22.9 Å². The molecule has 0 spiro atoms. The molecule has 1 N–H and O–H groups in total. The Morgan fingerprint density at radius 2 is 2.05 bits per heavy atom. The summed E-state index contributed by atoms with van der Waals surface area (Å²) in [5.74, 6) is 0.609. The van der Waals surface area contributed by atoms with Gasteiger partial charge in [-0.3, -0.25) is 4.79 Å². The van der Waals surface area contributed by atoms with E-state index in [0.29, 0.717) is 18.0 Å². The van der Waals surface area contributed by atoms with E-state index in [-0.39, 0.29) is 11.3 Å². The van der Waals surface area contributed by atoms with E-state index < -0.39 is 0 Å². The van der Waals surface area contributed by atoms with Crippen LogP contribution < -0.4 is 5.32 Å². The molecule has 1 aromatic rings. The largest absolute Gasteiger partial charge is 0.351 e. The first-order chi connectivity index (χ1) is 9.56. The standard InChI is InChI=1S/C16H21BrClNO/c1-12-5-6-14(17)13(9-12)15(20)19-11-16(10-18)7-3-2-4-8-16/h5-6,9H,2-4,7-8,10-11H2,1H3,(H,19,20). The van der Waals surface area contributed by atoms with Crippen LogP contribution in [0, 0.1) is 12.3 Å². The highest BCUT2D eigenvalue weighted by molar-refractivity contribution is 9.10. The van der Waals surface area contributed by atoms with E-state index in [9.17, 15) is 4.79 Å². The lowest BCUT2D eigenvalue weighted by Crippen LogP contribution is -2.40. The Bertz CT molecular complexity index is 483. The average molecular weight is 359 g/mol. The average Bonchev–Trinajstić information content (AvgIpc) is 2.48. The Labute approximate surface area is 134 Å². The van der Waals surface area contributed by atoms with Gasteiger partial charge in [0.25, 0.3) is 5.91 Å². The van der Waals surface area contributed by atoms with Crippen molar-refractivity contribution in [1.82, 2.24) is 5.32 Å². The topological polar surface area (TPSA) is 29.1 Å². The second-order valence-electron chi connectivity index (χ2n) is 5.86. The molecule has 0 unspecified atom stereocenters. The number of rotatable bonds is 4. The first-order valence-electron chi connectivity index (χ1n) is 7.17. The van der Waals surface area contributed by atoms with Gasteiger partial charge in [-0.2, -0.15) is 0 Å². The molecule has 2 rings (SSSR count). The molecule has 0 radical (unpaired) electrons. The predicted molar refractivity (Wildman–Crippen MR) is 87.5 cm³/mol. The van der Waals surface area contributed by atoms with Crippen LogP contribution in [0.4, 0.5) is 0 Å². The summed E-state index contributed by atoms with van der Waals surface area (Å²) in [6, 6.07) is 5.82. The smallest absolute Gasteiger partial charge is 0.252 e. The molecule has 1 fully saturated rings. The minimum absolute atomic E-state index is 0.0179. The monoisotopic (exact) mass is 357 g/mol. The minimum atomic E-state index is -0.0179. The van der Waals surface area contributed by atoms with Crippen LogP contribution in [0.15, 0.2) is 22.7 Å². The van der Waals surface area contributed by atoms with E-state index in [1.165, 1.54) is 19.3 Å². The molecule has 1 aromatic carbocycles. The van der Waals surface area contributed by atoms with Crippen molar-refractivity contribution in [2.24, 2.45) is 5.41 Å². The highest BCUT2D eigenvalue weighted by Gasteiger charge is 2.31. The number of nitrogens with one attached hydrogen (secondary N) is 1. The summed E-state index contributed by atoms with van der Waals surface area (Å²) in [7, 11) is 0. The molecule has 0 heterocycles. The van der Waals surface area contributed by atoms with Crippen molar-refractivity contribution in [3.05, 3.63) is 33.8 Å². The SMILES string of the molecule is Cc1ccc(Br)c(C(=O)NCC2(CCl)CCCCC2)c1. The normalized spacial score (nSPS) is 17.8. The predicted octanol–water partition coefficient (Wildman–Crippen LogP) is 4.68. The third kappa shape index (κ3) is 3.76. The maximum absolute atomic E-state index is 12.3. The zero-order chi connectivity index (χ0) is 14.6. The van der Waals surface area contributed by atoms with E-state index in [2.05, 4.69) is 21.2 Å². The molecule has 0 saturated heterocycles. The Balaban J connectivity index is 2.02. The van der Waals surface area contributed by atoms with E-state index >= 15 is 0 Å². The summed E-state index contributed by atoms with van der Waals surface area (Å²) < 4.78 is 0.837. The van der Waals surface area contributed by atoms with Gasteiger partial charge in [0.1, 0.15) is 0 Å². The van der Waals surface area contributed by atoms with Crippen molar-refractivity contribution >= 4 is 33.4 Å². The number of carbonyl (C=O) groups is 1. The van der Waals surface area contributed by atoms with Crippen LogP contribution in [-0.2, 0) is 0 Å². The van der Waals surface area contributed by atoms with Crippen LogP contribution in [-0.4, -0.2) is 18.3 Å². The van der Waals surface area contributed by atoms with Gasteiger partial charge in [0.15, 0.2) is 0 Å². The fourth-order valence-corrected chi connectivity index (χ4v) is 3.62. The lowest BCUT2D eigenvalue weighted by molar-refractivity contribution is 0.0920. The van der Waals surface area contributed by atoms with Crippen LogP contribution in [0.5, 0.6) is 0 Å². The van der Waals surface area contributed by atoms with Crippen LogP contribution in [0.3, 0.4) is 0 Å². The molecule has 0 aliphatic heterocycles. The van der Waals surface area contributed by atoms with Gasteiger partial charge in [-0.05, 0) is 47.8 Å². The van der Waals surface area contributed by atoms with Crippen molar-refractivity contribution in [2.45, 2.75) is 39.0 Å². The summed E-state index contributed by atoms with van der Waals surface area (Å²) in [6.45, 7) is 2.67. The first kappa shape index (κ1) is 15.8. The quantitative estimate of drug-likeness (QED) is 0.778. The van der Waals surface area contributed by atoms with Gasteiger partial charge in [-0.15, -0.1) is 11.6 Å². The Kier molecular flexibility index (Phi) is 5.50. The molecule has 1 saturated carbocycles. The van der Waals surface area contributed by atoms with Crippen molar-refractivity contribution in [1.29, 1.82) is 0 Å². The number of benzene rings is 1. The number of hydrogen-bond acceptors (Lipinski definition) is 1. The Morgan fingerprint density at radius 3 is 2.70 bits per heavy atom. The maximum Gasteiger partial charge on any atom is 0.252 e. The van der Waals surface area contributed by atoms with Crippen LogP contribution >= 0.6 is 27.5 Å². The van der Waals surface area contributed by atoms with E-state index in [4.69, 9.17) is 11.6 Å². The summed E-state index contributed by atoms with van der Waals surface area (Å²) in [5.41, 5.74) is 1.87. The van der Waals surface area contributed by atoms with Gasteiger partial charge < -0.3 is 5.32 Å². The molecule has 1 aliphatic rings. The molecule has 1 aliphatic carbocycles. The van der Waals surface area contributed by atoms with Gasteiger partial charge in [0.2, 0.25) is 0 Å². The highest BCUT2D eigenvalue weighted by atomic mass is 79.9. The molecule has 0 atom stereocenters. The zero-order valence-corrected chi connectivity index (χ0v) is 14.2. The number of carbonyl (C=O) groups excluding carboxylic acids is 1. The van der Waals surface area contributed by atoms with Gasteiger partial charge in [-0.25, -0.2) is 0 Å². The molecular formula is C16H21BrClNO. The summed E-state index contributed by atoms with van der Waals surface area (Å²) >= 11 is 9.60. The third-order valence-electron chi connectivity index (χ3n) is 4.19. The maximum atomic E-state index is 12.3. The second kappa shape index (κ2) is 6.95. The Morgan fingerprint density at radius 1 is 1.35 bits per heavy atom.